The summed E-state index contributed by atoms with van der Waals surface area (Å²) in [5, 5.41) is 10.8. The first-order valence-electron chi connectivity index (χ1n) is 5.92. The molecule has 0 saturated carbocycles. The highest BCUT2D eigenvalue weighted by Gasteiger charge is 2.24. The van der Waals surface area contributed by atoms with Gasteiger partial charge in [-0.2, -0.15) is 0 Å². The summed E-state index contributed by atoms with van der Waals surface area (Å²) in [6.45, 7) is 1.02. The highest BCUT2D eigenvalue weighted by atomic mass is 79.9. The zero-order valence-corrected chi connectivity index (χ0v) is 12.0. The van der Waals surface area contributed by atoms with Crippen molar-refractivity contribution in [3.8, 4) is 0 Å². The van der Waals surface area contributed by atoms with E-state index in [1.807, 2.05) is 0 Å². The third-order valence-electron chi connectivity index (χ3n) is 2.82. The fraction of sp³-hybridized carbons (Fsp3) is 0.455. The molecular formula is C11H12BrN3O5. The second kappa shape index (κ2) is 6.62. The molecule has 1 aliphatic rings. The number of hydrogen-bond acceptors (Lipinski definition) is 7. The van der Waals surface area contributed by atoms with Gasteiger partial charge < -0.3 is 19.7 Å². The Balaban J connectivity index is 2.01. The number of pyridine rings is 1. The third-order valence-corrected chi connectivity index (χ3v) is 3.26. The largest absolute Gasteiger partial charge is 0.390 e. The molecule has 9 heteroatoms. The Morgan fingerprint density at radius 1 is 1.55 bits per heavy atom. The first kappa shape index (κ1) is 14.7. The Kier molecular flexibility index (Phi) is 4.85. The summed E-state index contributed by atoms with van der Waals surface area (Å²) in [6, 6.07) is 1.42. The number of hydrogen-bond donors (Lipinski definition) is 1. The van der Waals surface area contributed by atoms with Crippen LogP contribution in [0, 0.1) is 16.0 Å². The van der Waals surface area contributed by atoms with E-state index in [1.54, 1.807) is 0 Å². The fourth-order valence-electron chi connectivity index (χ4n) is 1.77. The molecule has 1 saturated heterocycles. The number of nitrogens with one attached hydrogen (secondary N) is 1. The Morgan fingerprint density at radius 3 is 2.90 bits per heavy atom. The van der Waals surface area contributed by atoms with E-state index in [0.29, 0.717) is 30.5 Å². The van der Waals surface area contributed by atoms with Crippen molar-refractivity contribution in [2.24, 2.45) is 5.92 Å². The van der Waals surface area contributed by atoms with Gasteiger partial charge in [-0.25, -0.2) is 10.3 Å². The summed E-state index contributed by atoms with van der Waals surface area (Å²) < 4.78 is 5.68. The predicted octanol–water partition coefficient (Wildman–Crippen LogP) is 2.05. The van der Waals surface area contributed by atoms with Gasteiger partial charge in [0.15, 0.2) is 11.9 Å². The second-order valence-electron chi connectivity index (χ2n) is 4.19. The Morgan fingerprint density at radius 2 is 2.25 bits per heavy atom. The molecule has 0 aromatic carbocycles. The number of halogens is 1. The van der Waals surface area contributed by atoms with E-state index < -0.39 is 16.7 Å². The molecule has 2 rings (SSSR count). The SMILES string of the molecule is O=C(ONc1cc(Br)cnc1[N+](=O)[O-])C1CCOCC1. The van der Waals surface area contributed by atoms with Gasteiger partial charge in [-0.15, -0.1) is 0 Å². The van der Waals surface area contributed by atoms with Gasteiger partial charge in [0, 0.05) is 13.2 Å². The van der Waals surface area contributed by atoms with Crippen LogP contribution in [0.3, 0.4) is 0 Å². The highest BCUT2D eigenvalue weighted by molar-refractivity contribution is 9.10. The van der Waals surface area contributed by atoms with Crippen LogP contribution in [0.4, 0.5) is 11.5 Å². The minimum absolute atomic E-state index is 0.0183. The number of anilines is 1. The average molecular weight is 346 g/mol. The molecule has 8 nitrogen and oxygen atoms in total. The van der Waals surface area contributed by atoms with Gasteiger partial charge in [0.2, 0.25) is 0 Å². The Labute approximate surface area is 122 Å². The van der Waals surface area contributed by atoms with Gasteiger partial charge >= 0.3 is 11.8 Å². The molecule has 1 aromatic rings. The average Bonchev–Trinajstić information content (AvgIpc) is 2.45. The summed E-state index contributed by atoms with van der Waals surface area (Å²) in [7, 11) is 0. The van der Waals surface area contributed by atoms with E-state index in [1.165, 1.54) is 12.3 Å². The topological polar surface area (TPSA) is 104 Å². The smallest absolute Gasteiger partial charge is 0.381 e. The number of nitro groups is 1. The summed E-state index contributed by atoms with van der Waals surface area (Å²) in [6.07, 6.45) is 2.46. The van der Waals surface area contributed by atoms with E-state index in [2.05, 4.69) is 26.4 Å². The zero-order chi connectivity index (χ0) is 14.5. The third kappa shape index (κ3) is 3.64. The minimum Gasteiger partial charge on any atom is -0.381 e. The number of carbonyl (C=O) groups excluding carboxylic acids is 1. The molecule has 0 unspecified atom stereocenters. The molecule has 1 N–H and O–H groups in total. The second-order valence-corrected chi connectivity index (χ2v) is 5.11. The zero-order valence-electron chi connectivity index (χ0n) is 10.4. The van der Waals surface area contributed by atoms with Gasteiger partial charge in [-0.1, -0.05) is 0 Å². The lowest BCUT2D eigenvalue weighted by Crippen LogP contribution is -2.27. The van der Waals surface area contributed by atoms with Crippen LogP contribution in [0.15, 0.2) is 16.7 Å². The molecule has 0 spiro atoms. The van der Waals surface area contributed by atoms with Crippen LogP contribution in [0.1, 0.15) is 12.8 Å². The van der Waals surface area contributed by atoms with Gasteiger partial charge in [0.1, 0.15) is 0 Å². The molecule has 2 heterocycles. The highest BCUT2D eigenvalue weighted by Crippen LogP contribution is 2.25. The van der Waals surface area contributed by atoms with Crippen LogP contribution >= 0.6 is 15.9 Å². The first-order valence-corrected chi connectivity index (χ1v) is 6.71. The lowest BCUT2D eigenvalue weighted by Gasteiger charge is -2.20. The molecule has 1 aromatic heterocycles. The summed E-state index contributed by atoms with van der Waals surface area (Å²) >= 11 is 3.15. The summed E-state index contributed by atoms with van der Waals surface area (Å²) in [4.78, 5) is 30.5. The maximum absolute atomic E-state index is 11.8. The van der Waals surface area contributed by atoms with E-state index in [0.717, 1.165) is 0 Å². The molecule has 0 bridgehead atoms. The number of nitrogens with zero attached hydrogens (tertiary/aromatic N) is 2. The monoisotopic (exact) mass is 345 g/mol. The van der Waals surface area contributed by atoms with Crippen molar-refractivity contribution >= 4 is 33.4 Å². The lowest BCUT2D eigenvalue weighted by molar-refractivity contribution is -0.388. The van der Waals surface area contributed by atoms with Gasteiger partial charge in [-0.05, 0) is 44.7 Å². The van der Waals surface area contributed by atoms with Gasteiger partial charge in [0.25, 0.3) is 0 Å². The van der Waals surface area contributed by atoms with Crippen molar-refractivity contribution in [3.63, 3.8) is 0 Å². The summed E-state index contributed by atoms with van der Waals surface area (Å²) in [5.74, 6) is -1.12. The van der Waals surface area contributed by atoms with Crippen molar-refractivity contribution in [2.75, 3.05) is 18.7 Å². The van der Waals surface area contributed by atoms with E-state index >= 15 is 0 Å². The standard InChI is InChI=1S/C11H12BrN3O5/c12-8-5-9(10(13-6-8)15(17)18)14-20-11(16)7-1-3-19-4-2-7/h5-7,14H,1-4H2. The number of carbonyl (C=O) groups is 1. The summed E-state index contributed by atoms with van der Waals surface area (Å²) in [5.41, 5.74) is 2.33. The molecule has 108 valence electrons. The van der Waals surface area contributed by atoms with Crippen LogP contribution in [-0.4, -0.2) is 29.1 Å². The van der Waals surface area contributed by atoms with E-state index in [4.69, 9.17) is 9.57 Å². The Hall–Kier alpha value is -1.74. The molecule has 1 fully saturated rings. The maximum atomic E-state index is 11.8. The van der Waals surface area contributed by atoms with Gasteiger partial charge in [0.05, 0.1) is 10.4 Å². The van der Waals surface area contributed by atoms with Crippen molar-refractivity contribution in [2.45, 2.75) is 12.8 Å². The first-order chi connectivity index (χ1) is 9.58. The molecule has 20 heavy (non-hydrogen) atoms. The maximum Gasteiger partial charge on any atom is 0.390 e. The fourth-order valence-corrected chi connectivity index (χ4v) is 2.11. The van der Waals surface area contributed by atoms with Crippen LogP contribution in [0.25, 0.3) is 0 Å². The predicted molar refractivity (Wildman–Crippen MR) is 71.8 cm³/mol. The minimum atomic E-state index is -0.656. The van der Waals surface area contributed by atoms with Crippen LogP contribution in [0.5, 0.6) is 0 Å². The van der Waals surface area contributed by atoms with E-state index in [-0.39, 0.29) is 11.6 Å². The molecular weight excluding hydrogens is 334 g/mol. The lowest BCUT2D eigenvalue weighted by atomic mass is 10.0. The number of rotatable bonds is 4. The number of ether oxygens (including phenoxy) is 1. The van der Waals surface area contributed by atoms with Crippen molar-refractivity contribution in [1.82, 2.24) is 4.98 Å². The van der Waals surface area contributed by atoms with Gasteiger partial charge in [-0.3, -0.25) is 0 Å². The molecule has 0 radical (unpaired) electrons. The van der Waals surface area contributed by atoms with Crippen molar-refractivity contribution in [3.05, 3.63) is 26.9 Å². The normalized spacial score (nSPS) is 15.7. The molecule has 1 aliphatic heterocycles. The van der Waals surface area contributed by atoms with Crippen LogP contribution in [-0.2, 0) is 14.4 Å². The van der Waals surface area contributed by atoms with Crippen molar-refractivity contribution < 1.29 is 19.3 Å². The van der Waals surface area contributed by atoms with Crippen LogP contribution in [0.2, 0.25) is 0 Å². The Bertz CT molecular complexity index is 519. The molecule has 0 atom stereocenters. The molecule has 0 amide bonds. The van der Waals surface area contributed by atoms with Crippen LogP contribution < -0.4 is 5.48 Å². The quantitative estimate of drug-likeness (QED) is 0.657. The van der Waals surface area contributed by atoms with E-state index in [9.17, 15) is 14.9 Å². The number of aromatic nitrogens is 1. The molecule has 0 aliphatic carbocycles. The van der Waals surface area contributed by atoms with Crippen molar-refractivity contribution in [1.29, 1.82) is 0 Å².